The molecule has 2 nitrogen and oxygen atoms in total. The van der Waals surface area contributed by atoms with E-state index in [9.17, 15) is 9.59 Å². The van der Waals surface area contributed by atoms with Crippen molar-refractivity contribution in [3.63, 3.8) is 0 Å². The molecule has 0 aromatic heterocycles. The molecule has 0 rings (SSSR count). The molecule has 0 bridgehead atoms. The van der Waals surface area contributed by atoms with Crippen LogP contribution < -0.4 is 0 Å². The number of carbonyl (C=O) groups excluding carboxylic acids is 2. The van der Waals surface area contributed by atoms with Crippen LogP contribution in [0.2, 0.25) is 0 Å². The summed E-state index contributed by atoms with van der Waals surface area (Å²) in [6, 6.07) is 0. The second-order valence-corrected chi connectivity index (χ2v) is 2.80. The fourth-order valence-electron chi connectivity index (χ4n) is 0. The number of rotatable bonds is 1. The summed E-state index contributed by atoms with van der Waals surface area (Å²) in [7, 11) is 0. The normalized spacial score (nSPS) is 7.20. The molecule has 0 heterocycles. The fraction of sp³-hybridized carbons (Fsp3) is 0. The average Bonchev–Trinajstić information content (AvgIpc) is 1.38. The van der Waals surface area contributed by atoms with E-state index in [2.05, 4.69) is 0 Å². The van der Waals surface area contributed by atoms with Gasteiger partial charge in [0.15, 0.2) is 0 Å². The van der Waals surface area contributed by atoms with Crippen LogP contribution in [0.25, 0.3) is 0 Å². The summed E-state index contributed by atoms with van der Waals surface area (Å²) >= 11 is 0.0642. The van der Waals surface area contributed by atoms with Gasteiger partial charge in [-0.1, -0.05) is 0 Å². The Hall–Kier alpha value is -0.117. The van der Waals surface area contributed by atoms with Gasteiger partial charge >= 0.3 is 37.0 Å². The first kappa shape index (κ1) is 4.88. The monoisotopic (exact) mass is 134 g/mol. The molecule has 0 N–H and O–H groups in total. The molecule has 0 radical (unpaired) electrons. The van der Waals surface area contributed by atoms with Crippen molar-refractivity contribution in [3.05, 3.63) is 0 Å². The molecule has 0 aromatic rings. The zero-order chi connectivity index (χ0) is 4.28. The molecule has 0 fully saturated rings. The summed E-state index contributed by atoms with van der Waals surface area (Å²) < 4.78 is -0.238. The van der Waals surface area contributed by atoms with E-state index < -0.39 is 0 Å². The molecular formula is C2H4GeO2. The molecule has 0 unspecified atom stereocenters. The first-order valence-electron chi connectivity index (χ1n) is 1.23. The Kier molecular flexibility index (Phi) is 2.09. The summed E-state index contributed by atoms with van der Waals surface area (Å²) in [6.07, 6.45) is 0.361. The van der Waals surface area contributed by atoms with E-state index >= 15 is 0 Å². The van der Waals surface area contributed by atoms with Gasteiger partial charge in [0, 0.05) is 0 Å². The van der Waals surface area contributed by atoms with Gasteiger partial charge in [0.05, 0.1) is 0 Å². The van der Waals surface area contributed by atoms with E-state index in [1.54, 1.807) is 0 Å². The van der Waals surface area contributed by atoms with E-state index in [1.807, 2.05) is 0 Å². The van der Waals surface area contributed by atoms with Gasteiger partial charge in [-0.05, 0) is 0 Å². The second-order valence-electron chi connectivity index (χ2n) is 0.729. The third-order valence-electron chi connectivity index (χ3n) is 0.166. The van der Waals surface area contributed by atoms with Gasteiger partial charge < -0.3 is 0 Å². The van der Waals surface area contributed by atoms with Crippen molar-refractivity contribution in [2.75, 3.05) is 0 Å². The molecule has 3 heteroatoms. The van der Waals surface area contributed by atoms with Crippen LogP contribution in [0.4, 0.5) is 0 Å². The molecule has 5 heavy (non-hydrogen) atoms. The predicted molar refractivity (Wildman–Crippen MR) is 21.0 cm³/mol. The van der Waals surface area contributed by atoms with E-state index in [-0.39, 0.29) is 21.1 Å². The molecule has 28 valence electrons. The van der Waals surface area contributed by atoms with Crippen molar-refractivity contribution in [2.45, 2.75) is 0 Å². The van der Waals surface area contributed by atoms with Crippen LogP contribution in [0.5, 0.6) is 0 Å². The third kappa shape index (κ3) is 3.88. The first-order valence-corrected chi connectivity index (χ1v) is 3.33. The minimum atomic E-state index is -0.238. The molecule has 0 atom stereocenters. The summed E-state index contributed by atoms with van der Waals surface area (Å²) in [4.78, 5) is 18.7. The van der Waals surface area contributed by atoms with Gasteiger partial charge in [-0.25, -0.2) is 0 Å². The van der Waals surface area contributed by atoms with Crippen molar-refractivity contribution >= 4 is 27.4 Å². The van der Waals surface area contributed by atoms with Crippen LogP contribution in [0.3, 0.4) is 0 Å². The van der Waals surface area contributed by atoms with Crippen LogP contribution in [-0.2, 0) is 9.59 Å². The van der Waals surface area contributed by atoms with Crippen molar-refractivity contribution < 1.29 is 9.59 Å². The summed E-state index contributed by atoms with van der Waals surface area (Å²) in [5.74, 6) is 0. The van der Waals surface area contributed by atoms with Crippen molar-refractivity contribution in [3.8, 4) is 0 Å². The maximum atomic E-state index is 9.53. The van der Waals surface area contributed by atoms with E-state index in [0.29, 0.717) is 6.29 Å². The molecule has 0 aliphatic rings. The molecule has 0 spiro atoms. The van der Waals surface area contributed by atoms with Crippen LogP contribution in [0.1, 0.15) is 0 Å². The topological polar surface area (TPSA) is 34.1 Å². The molecule has 0 amide bonds. The van der Waals surface area contributed by atoms with Crippen LogP contribution in [0.15, 0.2) is 0 Å². The van der Waals surface area contributed by atoms with Gasteiger partial charge in [0.25, 0.3) is 0 Å². The molecule has 0 aliphatic heterocycles. The van der Waals surface area contributed by atoms with Gasteiger partial charge in [-0.3, -0.25) is 0 Å². The Morgan fingerprint density at radius 1 is 1.80 bits per heavy atom. The standard InChI is InChI=1S/C2H4GeO2/c3-2(5)1-4/h1H,3H3. The SMILES string of the molecule is O=C[C](=O)[GeH3]. The fourth-order valence-corrected chi connectivity index (χ4v) is 0. The summed E-state index contributed by atoms with van der Waals surface area (Å²) in [6.45, 7) is 0. The van der Waals surface area contributed by atoms with Crippen LogP contribution in [0, 0.1) is 0 Å². The summed E-state index contributed by atoms with van der Waals surface area (Å²) in [5, 5.41) is 0. The summed E-state index contributed by atoms with van der Waals surface area (Å²) in [5.41, 5.74) is 0. The third-order valence-corrected chi connectivity index (χ3v) is 0.660. The Bertz CT molecular complexity index is 58.7. The Morgan fingerprint density at radius 2 is 2.00 bits per heavy atom. The number of hydrogen-bond acceptors (Lipinski definition) is 2. The molecule has 0 saturated heterocycles. The van der Waals surface area contributed by atoms with Crippen LogP contribution >= 0.6 is 0 Å². The van der Waals surface area contributed by atoms with E-state index in [1.165, 1.54) is 0 Å². The van der Waals surface area contributed by atoms with Gasteiger partial charge in [0.2, 0.25) is 0 Å². The Balaban J connectivity index is 3.20. The van der Waals surface area contributed by atoms with Gasteiger partial charge in [0.1, 0.15) is 0 Å². The van der Waals surface area contributed by atoms with Gasteiger partial charge in [-0.15, -0.1) is 0 Å². The first-order chi connectivity index (χ1) is 2.27. The average molecular weight is 133 g/mol. The predicted octanol–water partition coefficient (Wildman–Crippen LogP) is -1.92. The van der Waals surface area contributed by atoms with Gasteiger partial charge in [-0.2, -0.15) is 0 Å². The van der Waals surface area contributed by atoms with Crippen molar-refractivity contribution in [1.29, 1.82) is 0 Å². The quantitative estimate of drug-likeness (QED) is 0.237. The van der Waals surface area contributed by atoms with Crippen LogP contribution in [-0.4, -0.2) is 27.4 Å². The molecule has 0 saturated carbocycles. The molecule has 0 aliphatic carbocycles. The van der Waals surface area contributed by atoms with Crippen molar-refractivity contribution in [2.24, 2.45) is 0 Å². The minimum absolute atomic E-state index is 0.0642. The Labute approximate surface area is 37.8 Å². The molecular weight excluding hydrogens is 129 g/mol. The van der Waals surface area contributed by atoms with Crippen molar-refractivity contribution in [1.82, 2.24) is 0 Å². The molecule has 0 aromatic carbocycles. The number of hydrogen-bond donors (Lipinski definition) is 0. The number of aldehydes is 1. The van der Waals surface area contributed by atoms with E-state index in [4.69, 9.17) is 0 Å². The number of carbonyl (C=O) groups is 2. The Morgan fingerprint density at radius 3 is 2.00 bits per heavy atom. The van der Waals surface area contributed by atoms with E-state index in [0.717, 1.165) is 0 Å². The zero-order valence-corrected chi connectivity index (χ0v) is 7.09. The zero-order valence-electron chi connectivity index (χ0n) is 2.89. The second kappa shape index (κ2) is 2.14. The maximum absolute atomic E-state index is 9.53.